The van der Waals surface area contributed by atoms with Crippen molar-refractivity contribution in [3.05, 3.63) is 56.4 Å². The molecule has 1 atom stereocenters. The minimum Gasteiger partial charge on any atom is -0.494 e. The van der Waals surface area contributed by atoms with Crippen molar-refractivity contribution < 1.29 is 13.9 Å². The van der Waals surface area contributed by atoms with E-state index in [1.54, 1.807) is 29.3 Å². The number of carbonyl (C=O) groups excluding carboxylic acids is 1. The van der Waals surface area contributed by atoms with Crippen molar-refractivity contribution >= 4 is 28.8 Å². The van der Waals surface area contributed by atoms with Gasteiger partial charge in [0.15, 0.2) is 5.76 Å². The van der Waals surface area contributed by atoms with E-state index < -0.39 is 0 Å². The molecular weight excluding hydrogens is 313 g/mol. The van der Waals surface area contributed by atoms with Crippen molar-refractivity contribution in [1.82, 2.24) is 4.90 Å². The summed E-state index contributed by atoms with van der Waals surface area (Å²) >= 11 is 7.17. The largest absolute Gasteiger partial charge is 0.494 e. The Labute approximate surface area is 131 Å². The molecule has 1 aromatic rings. The van der Waals surface area contributed by atoms with Crippen LogP contribution in [0, 0.1) is 6.08 Å². The van der Waals surface area contributed by atoms with Crippen LogP contribution in [0.3, 0.4) is 0 Å². The highest BCUT2D eigenvalue weighted by atomic mass is 35.5. The minimum atomic E-state index is -0.366. The number of amides is 1. The predicted molar refractivity (Wildman–Crippen MR) is 79.6 cm³/mol. The fraction of sp³-hybridized carbons (Fsp3) is 0.267. The van der Waals surface area contributed by atoms with Gasteiger partial charge >= 0.3 is 0 Å². The van der Waals surface area contributed by atoms with E-state index >= 15 is 0 Å². The van der Waals surface area contributed by atoms with Crippen LogP contribution in [0.25, 0.3) is 0 Å². The maximum absolute atomic E-state index is 14.0. The number of fused-ring (bicyclic) bond motifs is 1. The third-order valence-corrected chi connectivity index (χ3v) is 4.63. The van der Waals surface area contributed by atoms with E-state index in [2.05, 4.69) is 6.08 Å². The van der Waals surface area contributed by atoms with E-state index in [1.165, 1.54) is 18.4 Å². The molecule has 1 aliphatic carbocycles. The zero-order valence-electron chi connectivity index (χ0n) is 11.4. The Bertz CT molecular complexity index is 704. The molecule has 0 saturated carbocycles. The summed E-state index contributed by atoms with van der Waals surface area (Å²) < 4.78 is 19.5. The van der Waals surface area contributed by atoms with Crippen molar-refractivity contribution in [2.24, 2.45) is 0 Å². The van der Waals surface area contributed by atoms with E-state index in [4.69, 9.17) is 16.3 Å². The SMILES string of the molecule is COC1=C(F)CC2C(=C1)[C]=C(C)N2C(=O)c1csc(Cl)c1. The van der Waals surface area contributed by atoms with Gasteiger partial charge in [0, 0.05) is 23.6 Å². The Morgan fingerprint density at radius 1 is 1.62 bits per heavy atom. The molecule has 0 N–H and O–H groups in total. The lowest BCUT2D eigenvalue weighted by atomic mass is 9.98. The molecule has 2 heterocycles. The van der Waals surface area contributed by atoms with Crippen LogP contribution in [-0.2, 0) is 4.74 Å². The van der Waals surface area contributed by atoms with Gasteiger partial charge < -0.3 is 9.64 Å². The van der Waals surface area contributed by atoms with Gasteiger partial charge in [0.1, 0.15) is 5.83 Å². The number of allylic oxidation sites excluding steroid dienone is 2. The molecule has 0 saturated heterocycles. The molecule has 0 spiro atoms. The molecule has 3 rings (SSSR count). The average molecular weight is 325 g/mol. The van der Waals surface area contributed by atoms with E-state index in [1.807, 2.05) is 0 Å². The molecule has 0 aromatic carbocycles. The third-order valence-electron chi connectivity index (χ3n) is 3.54. The normalized spacial score (nSPS) is 21.1. The minimum absolute atomic E-state index is 0.100. The molecule has 3 nitrogen and oxygen atoms in total. The quantitative estimate of drug-likeness (QED) is 0.820. The first-order chi connectivity index (χ1) is 10.0. The molecule has 1 unspecified atom stereocenters. The number of ether oxygens (including phenoxy) is 1. The highest BCUT2D eigenvalue weighted by molar-refractivity contribution is 7.14. The van der Waals surface area contributed by atoms with Gasteiger partial charge in [0.25, 0.3) is 5.91 Å². The zero-order chi connectivity index (χ0) is 15.1. The predicted octanol–water partition coefficient (Wildman–Crippen LogP) is 4.09. The van der Waals surface area contributed by atoms with Crippen molar-refractivity contribution in [2.75, 3.05) is 7.11 Å². The molecule has 1 radical (unpaired) electrons. The number of thiophene rings is 1. The van der Waals surface area contributed by atoms with Gasteiger partial charge in [-0.3, -0.25) is 4.79 Å². The van der Waals surface area contributed by atoms with Crippen LogP contribution in [-0.4, -0.2) is 24.0 Å². The van der Waals surface area contributed by atoms with Gasteiger partial charge in [-0.1, -0.05) is 11.6 Å². The fourth-order valence-corrected chi connectivity index (χ4v) is 3.43. The Kier molecular flexibility index (Phi) is 3.63. The second-order valence-corrected chi connectivity index (χ2v) is 6.36. The number of rotatable bonds is 2. The van der Waals surface area contributed by atoms with Gasteiger partial charge in [-0.05, 0) is 24.6 Å². The van der Waals surface area contributed by atoms with E-state index in [9.17, 15) is 9.18 Å². The Morgan fingerprint density at radius 3 is 3.00 bits per heavy atom. The van der Waals surface area contributed by atoms with Gasteiger partial charge in [-0.2, -0.15) is 0 Å². The number of halogens is 2. The van der Waals surface area contributed by atoms with E-state index in [-0.39, 0.29) is 30.0 Å². The van der Waals surface area contributed by atoms with Crippen LogP contribution in [0.4, 0.5) is 4.39 Å². The van der Waals surface area contributed by atoms with Gasteiger partial charge in [-0.15, -0.1) is 11.3 Å². The second-order valence-electron chi connectivity index (χ2n) is 4.82. The van der Waals surface area contributed by atoms with Gasteiger partial charge in [0.2, 0.25) is 0 Å². The molecule has 109 valence electrons. The van der Waals surface area contributed by atoms with Crippen LogP contribution < -0.4 is 0 Å². The summed E-state index contributed by atoms with van der Waals surface area (Å²) in [6, 6.07) is 1.26. The smallest absolute Gasteiger partial charge is 0.259 e. The summed E-state index contributed by atoms with van der Waals surface area (Å²) in [7, 11) is 1.42. The molecule has 2 aliphatic rings. The first kappa shape index (κ1) is 14.4. The van der Waals surface area contributed by atoms with Crippen molar-refractivity contribution in [3.8, 4) is 0 Å². The Morgan fingerprint density at radius 2 is 2.38 bits per heavy atom. The van der Waals surface area contributed by atoms with Crippen LogP contribution in [0.15, 0.2) is 40.4 Å². The van der Waals surface area contributed by atoms with Crippen LogP contribution in [0.5, 0.6) is 0 Å². The first-order valence-electron chi connectivity index (χ1n) is 6.33. The van der Waals surface area contributed by atoms with Crippen molar-refractivity contribution in [3.63, 3.8) is 0 Å². The maximum atomic E-state index is 14.0. The number of hydrogen-bond acceptors (Lipinski definition) is 3. The molecular formula is C15H12ClFNO2S. The molecule has 1 aromatic heterocycles. The third kappa shape index (κ3) is 2.40. The average Bonchev–Trinajstić information content (AvgIpc) is 3.00. The Balaban J connectivity index is 1.93. The van der Waals surface area contributed by atoms with Gasteiger partial charge in [0.05, 0.1) is 23.1 Å². The molecule has 21 heavy (non-hydrogen) atoms. The topological polar surface area (TPSA) is 29.5 Å². The summed E-state index contributed by atoms with van der Waals surface area (Å²) in [5, 5.41) is 1.70. The van der Waals surface area contributed by atoms with Crippen LogP contribution >= 0.6 is 22.9 Å². The van der Waals surface area contributed by atoms with Crippen molar-refractivity contribution in [2.45, 2.75) is 19.4 Å². The summed E-state index contributed by atoms with van der Waals surface area (Å²) in [4.78, 5) is 14.2. The van der Waals surface area contributed by atoms with Crippen LogP contribution in [0.2, 0.25) is 4.34 Å². The molecule has 1 aliphatic heterocycles. The molecule has 0 fully saturated rings. The number of nitrogens with zero attached hydrogens (tertiary/aromatic N) is 1. The highest BCUT2D eigenvalue weighted by Gasteiger charge is 2.37. The van der Waals surface area contributed by atoms with Gasteiger partial charge in [-0.25, -0.2) is 4.39 Å². The number of methoxy groups -OCH3 is 1. The fourth-order valence-electron chi connectivity index (χ4n) is 2.57. The first-order valence-corrected chi connectivity index (χ1v) is 7.59. The monoisotopic (exact) mass is 324 g/mol. The summed E-state index contributed by atoms with van der Waals surface area (Å²) in [5.41, 5.74) is 1.94. The standard InChI is InChI=1S/C15H12ClFNO2S/c1-8-3-9-4-13(20-2)11(17)6-12(9)18(8)15(19)10-5-14(16)21-7-10/h4-5,7,12H,6H2,1-2H3. The lowest BCUT2D eigenvalue weighted by Crippen LogP contribution is -2.37. The highest BCUT2D eigenvalue weighted by Crippen LogP contribution is 2.37. The Hall–Kier alpha value is -1.59. The zero-order valence-corrected chi connectivity index (χ0v) is 13.0. The summed E-state index contributed by atoms with van der Waals surface area (Å²) in [6.45, 7) is 1.79. The maximum Gasteiger partial charge on any atom is 0.259 e. The lowest BCUT2D eigenvalue weighted by molar-refractivity contribution is 0.0775. The molecule has 6 heteroatoms. The lowest BCUT2D eigenvalue weighted by Gasteiger charge is -2.28. The summed E-state index contributed by atoms with van der Waals surface area (Å²) in [5.74, 6) is -0.344. The second kappa shape index (κ2) is 5.31. The van der Waals surface area contributed by atoms with Crippen molar-refractivity contribution in [1.29, 1.82) is 0 Å². The van der Waals surface area contributed by atoms with E-state index in [0.29, 0.717) is 15.6 Å². The molecule has 1 amide bonds. The van der Waals surface area contributed by atoms with Crippen LogP contribution in [0.1, 0.15) is 23.7 Å². The molecule has 0 bridgehead atoms. The number of hydrogen-bond donors (Lipinski definition) is 0. The van der Waals surface area contributed by atoms with E-state index in [0.717, 1.165) is 5.57 Å². The number of carbonyl (C=O) groups is 1. The summed E-state index contributed by atoms with van der Waals surface area (Å²) in [6.07, 6.45) is 4.82.